The van der Waals surface area contributed by atoms with E-state index >= 15 is 0 Å². The highest BCUT2D eigenvalue weighted by Crippen LogP contribution is 2.36. The molecule has 2 N–H and O–H groups in total. The van der Waals surface area contributed by atoms with Crippen LogP contribution in [-0.4, -0.2) is 55.6 Å². The van der Waals surface area contributed by atoms with E-state index in [4.69, 9.17) is 4.98 Å². The van der Waals surface area contributed by atoms with Gasteiger partial charge in [0.15, 0.2) is 5.52 Å². The van der Waals surface area contributed by atoms with Crippen molar-refractivity contribution in [1.82, 2.24) is 30.0 Å². The first-order valence-corrected chi connectivity index (χ1v) is 10.7. The van der Waals surface area contributed by atoms with Crippen molar-refractivity contribution in [3.05, 3.63) is 30.4 Å². The van der Waals surface area contributed by atoms with Gasteiger partial charge < -0.3 is 10.2 Å². The van der Waals surface area contributed by atoms with Gasteiger partial charge in [0.1, 0.15) is 29.7 Å². The molecule has 1 saturated heterocycles. The Morgan fingerprint density at radius 1 is 1.41 bits per heavy atom. The van der Waals surface area contributed by atoms with Crippen LogP contribution in [0.15, 0.2) is 24.8 Å². The minimum atomic E-state index is -0.578. The topological polar surface area (TPSA) is 124 Å². The average molecular weight is 433 g/mol. The van der Waals surface area contributed by atoms with Crippen LogP contribution in [0.25, 0.3) is 22.4 Å². The molecule has 3 aromatic heterocycles. The number of aromatic amines is 1. The monoisotopic (exact) mass is 433 g/mol. The molecule has 1 aliphatic heterocycles. The maximum absolute atomic E-state index is 13.2. The van der Waals surface area contributed by atoms with Crippen LogP contribution in [0.1, 0.15) is 30.1 Å². The quantitative estimate of drug-likeness (QED) is 0.573. The van der Waals surface area contributed by atoms with Gasteiger partial charge in [-0.05, 0) is 25.7 Å². The predicted molar refractivity (Wildman–Crippen MR) is 114 cm³/mol. The smallest absolute Gasteiger partial charge is 0.306 e. The van der Waals surface area contributed by atoms with Crippen LogP contribution < -0.4 is 9.88 Å². The highest BCUT2D eigenvalue weighted by molar-refractivity contribution is 6.05. The van der Waals surface area contributed by atoms with Gasteiger partial charge in [-0.2, -0.15) is 10.4 Å². The zero-order chi connectivity index (χ0) is 22.6. The number of aromatic nitrogens is 5. The Labute approximate surface area is 184 Å². The van der Waals surface area contributed by atoms with Crippen molar-refractivity contribution in [3.63, 3.8) is 0 Å². The molecule has 164 valence electrons. The Hall–Kier alpha value is -3.74. The van der Waals surface area contributed by atoms with Crippen LogP contribution in [0.4, 0.5) is 0 Å². The number of nitrogens with zero attached hydrogens (tertiary/aromatic N) is 6. The first-order valence-electron chi connectivity index (χ1n) is 10.7. The number of likely N-dealkylation sites (tertiary alicyclic amines) is 1. The zero-order valence-electron chi connectivity index (χ0n) is 18.3. The van der Waals surface area contributed by atoms with Gasteiger partial charge in [0.05, 0.1) is 24.7 Å². The number of nitrogens with one attached hydrogen (secondary N) is 2. The van der Waals surface area contributed by atoms with E-state index in [1.54, 1.807) is 22.0 Å². The van der Waals surface area contributed by atoms with Crippen LogP contribution in [0, 0.1) is 22.7 Å². The van der Waals surface area contributed by atoms with Gasteiger partial charge in [-0.3, -0.25) is 14.3 Å². The highest BCUT2D eigenvalue weighted by atomic mass is 16.2. The summed E-state index contributed by atoms with van der Waals surface area (Å²) in [6.45, 7) is 2.65. The first-order chi connectivity index (χ1) is 15.3. The van der Waals surface area contributed by atoms with Crippen LogP contribution in [0.3, 0.4) is 0 Å². The molecule has 0 spiro atoms. The van der Waals surface area contributed by atoms with Gasteiger partial charge in [0.2, 0.25) is 5.91 Å². The molecular weight excluding hydrogens is 408 g/mol. The highest BCUT2D eigenvalue weighted by Gasteiger charge is 2.47. The number of carbonyl (C=O) groups is 2. The number of rotatable bonds is 5. The molecule has 1 unspecified atom stereocenters. The fraction of sp³-hybridized carbons (Fsp3) is 0.455. The number of hydrogen-bond donors (Lipinski definition) is 2. The maximum atomic E-state index is 13.2. The number of carbonyl (C=O) groups excluding carboxylic acids is 2. The normalized spacial score (nSPS) is 18.1. The molecule has 2 fully saturated rings. The van der Waals surface area contributed by atoms with E-state index in [0.717, 1.165) is 18.4 Å². The summed E-state index contributed by atoms with van der Waals surface area (Å²) < 4.78 is 3.58. The van der Waals surface area contributed by atoms with Crippen LogP contribution in [-0.2, 0) is 18.9 Å². The van der Waals surface area contributed by atoms with Crippen molar-refractivity contribution in [2.24, 2.45) is 25.4 Å². The van der Waals surface area contributed by atoms with Crippen molar-refractivity contribution < 1.29 is 14.2 Å². The molecule has 10 nitrogen and oxygen atoms in total. The van der Waals surface area contributed by atoms with Crippen molar-refractivity contribution >= 4 is 23.0 Å². The van der Waals surface area contributed by atoms with E-state index in [1.807, 2.05) is 38.0 Å². The van der Waals surface area contributed by atoms with Gasteiger partial charge >= 0.3 is 5.65 Å². The zero-order valence-corrected chi connectivity index (χ0v) is 18.3. The molecule has 0 aromatic carbocycles. The van der Waals surface area contributed by atoms with Gasteiger partial charge in [-0.1, -0.05) is 0 Å². The molecule has 0 bridgehead atoms. The molecule has 2 aliphatic rings. The summed E-state index contributed by atoms with van der Waals surface area (Å²) in [4.78, 5) is 35.8. The molecule has 4 heterocycles. The minimum Gasteiger partial charge on any atom is -0.340 e. The summed E-state index contributed by atoms with van der Waals surface area (Å²) in [6, 6.07) is 1.68. The first kappa shape index (κ1) is 20.2. The minimum absolute atomic E-state index is 0.108. The second-order valence-corrected chi connectivity index (χ2v) is 9.19. The third-order valence-corrected chi connectivity index (χ3v) is 6.29. The molecule has 10 heteroatoms. The lowest BCUT2D eigenvalue weighted by Gasteiger charge is -2.44. The fourth-order valence-corrected chi connectivity index (χ4v) is 4.30. The number of aryl methyl sites for hydroxylation is 2. The van der Waals surface area contributed by atoms with E-state index in [0.29, 0.717) is 35.5 Å². The Morgan fingerprint density at radius 3 is 2.78 bits per heavy atom. The van der Waals surface area contributed by atoms with Crippen LogP contribution in [0.5, 0.6) is 0 Å². The lowest BCUT2D eigenvalue weighted by molar-refractivity contribution is -0.646. The Morgan fingerprint density at radius 2 is 2.16 bits per heavy atom. The summed E-state index contributed by atoms with van der Waals surface area (Å²) in [5.74, 6) is -0.301. The van der Waals surface area contributed by atoms with Crippen molar-refractivity contribution in [1.29, 1.82) is 5.26 Å². The van der Waals surface area contributed by atoms with Gasteiger partial charge in [-0.15, -0.1) is 0 Å². The lowest BCUT2D eigenvalue weighted by atomic mass is 9.83. The van der Waals surface area contributed by atoms with Gasteiger partial charge in [0, 0.05) is 31.9 Å². The van der Waals surface area contributed by atoms with Gasteiger partial charge in [-0.25, -0.2) is 14.5 Å². The number of fused-ring (bicyclic) bond motifs is 1. The summed E-state index contributed by atoms with van der Waals surface area (Å²) in [5, 5.41) is 16.4. The van der Waals surface area contributed by atoms with Crippen LogP contribution >= 0.6 is 0 Å². The summed E-state index contributed by atoms with van der Waals surface area (Å²) in [6.07, 6.45) is 8.92. The molecule has 3 aromatic rings. The Kier molecular flexibility index (Phi) is 4.51. The second kappa shape index (κ2) is 7.15. The third-order valence-electron chi connectivity index (χ3n) is 6.29. The third kappa shape index (κ3) is 3.39. The van der Waals surface area contributed by atoms with E-state index in [1.165, 1.54) is 0 Å². The van der Waals surface area contributed by atoms with Gasteiger partial charge in [0.25, 0.3) is 5.91 Å². The van der Waals surface area contributed by atoms with Crippen molar-refractivity contribution in [2.75, 3.05) is 13.1 Å². The number of amides is 2. The number of H-pyrrole nitrogens is 1. The molecule has 1 aliphatic carbocycles. The van der Waals surface area contributed by atoms with E-state index < -0.39 is 11.5 Å². The maximum Gasteiger partial charge on any atom is 0.306 e. The van der Waals surface area contributed by atoms with E-state index in [9.17, 15) is 14.9 Å². The molecule has 2 amide bonds. The molecule has 5 rings (SSSR count). The van der Waals surface area contributed by atoms with Crippen molar-refractivity contribution in [3.8, 4) is 17.3 Å². The fourth-order valence-electron chi connectivity index (χ4n) is 4.30. The summed E-state index contributed by atoms with van der Waals surface area (Å²) >= 11 is 0. The molecule has 1 atom stereocenters. The SMILES string of the molecule is Cn1cc(-c2c[n+](C)c3[nH]cc(C(=O)NC(C(=O)N4CC(C)(C#N)C4)C4CC4)c3n2)cn1. The molecular formula is C22H25N8O2+. The molecule has 1 saturated carbocycles. The molecule has 0 radical (unpaired) electrons. The number of hydrogen-bond acceptors (Lipinski definition) is 5. The standard InChI is InChI=1S/C22H24N8O2/c1-22(10-23)11-30(12-22)21(32)17(13-4-5-13)27-20(31)15-7-24-19-18(15)26-16(9-28(19)2)14-6-25-29(3)8-14/h6-9,13,17H,4-5,11-12H2,1-3H3,(H,27,31)/p+1. The summed E-state index contributed by atoms with van der Waals surface area (Å²) in [7, 11) is 3.72. The Balaban J connectivity index is 1.41. The van der Waals surface area contributed by atoms with Crippen molar-refractivity contribution in [2.45, 2.75) is 25.8 Å². The van der Waals surface area contributed by atoms with E-state index in [-0.39, 0.29) is 17.7 Å². The number of nitriles is 1. The average Bonchev–Trinajstić information content (AvgIpc) is 3.34. The Bertz CT molecular complexity index is 1270. The predicted octanol–water partition coefficient (Wildman–Crippen LogP) is 0.668. The second-order valence-electron chi connectivity index (χ2n) is 9.19. The largest absolute Gasteiger partial charge is 0.340 e. The lowest BCUT2D eigenvalue weighted by Crippen LogP contribution is -2.61. The molecule has 32 heavy (non-hydrogen) atoms. The van der Waals surface area contributed by atoms with E-state index in [2.05, 4.69) is 21.5 Å². The van der Waals surface area contributed by atoms with Crippen LogP contribution in [0.2, 0.25) is 0 Å². The summed E-state index contributed by atoms with van der Waals surface area (Å²) in [5.41, 5.74) is 2.70.